The molecule has 174 valence electrons. The molecule has 1 aliphatic carbocycles. The van der Waals surface area contributed by atoms with Crippen LogP contribution in [-0.2, 0) is 19.3 Å². The molecule has 10 heteroatoms. The number of nitrogens with one attached hydrogen (secondary N) is 1. The molecular formula is C22H29N3O5S2. The summed E-state index contributed by atoms with van der Waals surface area (Å²) < 4.78 is 36.4. The molecule has 0 atom stereocenters. The standard InChI is InChI=1S/C22H29N3O5S2/c1-13(2)30-22(26)25-16-6-3-14(4-7-16)21-24-10-19(31-21)18-8-5-15(23)9-20(18)32(27,28)17-11-29-12-17/h5,8-10,13-14,16-17H,3-4,6-7,11-12,23H2,1-2H3,(H,25,26). The number of aromatic nitrogens is 1. The van der Waals surface area contributed by atoms with Gasteiger partial charge in [0.25, 0.3) is 0 Å². The third-order valence-electron chi connectivity index (χ3n) is 5.89. The molecule has 2 fully saturated rings. The van der Waals surface area contributed by atoms with Gasteiger partial charge in [0.05, 0.1) is 34.1 Å². The van der Waals surface area contributed by atoms with Crippen LogP contribution in [0.2, 0.25) is 0 Å². The Bertz CT molecular complexity index is 1070. The molecule has 3 N–H and O–H groups in total. The van der Waals surface area contributed by atoms with E-state index in [-0.39, 0.29) is 36.3 Å². The summed E-state index contributed by atoms with van der Waals surface area (Å²) in [7, 11) is -3.52. The number of hydrogen-bond acceptors (Lipinski definition) is 8. The Balaban J connectivity index is 1.47. The van der Waals surface area contributed by atoms with Gasteiger partial charge in [0.1, 0.15) is 5.25 Å². The maximum atomic E-state index is 13.1. The number of nitrogens with two attached hydrogens (primary N) is 1. The number of sulfone groups is 1. The van der Waals surface area contributed by atoms with Crippen molar-refractivity contribution < 1.29 is 22.7 Å². The number of thiazole rings is 1. The van der Waals surface area contributed by atoms with Crippen molar-refractivity contribution in [2.45, 2.75) is 67.7 Å². The molecule has 4 rings (SSSR count). The SMILES string of the molecule is CC(C)OC(=O)NC1CCC(c2ncc(-c3ccc(N)cc3S(=O)(=O)C3COC3)s2)CC1. The molecule has 1 aliphatic heterocycles. The molecule has 2 aliphatic rings. The maximum Gasteiger partial charge on any atom is 0.407 e. The zero-order valence-corrected chi connectivity index (χ0v) is 19.9. The first-order chi connectivity index (χ1) is 15.2. The van der Waals surface area contributed by atoms with E-state index in [2.05, 4.69) is 10.3 Å². The van der Waals surface area contributed by atoms with Gasteiger partial charge in [-0.15, -0.1) is 11.3 Å². The summed E-state index contributed by atoms with van der Waals surface area (Å²) in [6, 6.07) is 5.13. The van der Waals surface area contributed by atoms with E-state index in [0.717, 1.165) is 35.6 Å². The number of anilines is 1. The molecule has 0 bridgehead atoms. The van der Waals surface area contributed by atoms with Gasteiger partial charge in [0.15, 0.2) is 9.84 Å². The van der Waals surface area contributed by atoms with E-state index < -0.39 is 15.1 Å². The van der Waals surface area contributed by atoms with Gasteiger partial charge in [-0.05, 0) is 51.7 Å². The Kier molecular flexibility index (Phi) is 6.73. The lowest BCUT2D eigenvalue weighted by Gasteiger charge is -2.28. The zero-order chi connectivity index (χ0) is 22.9. The number of carbonyl (C=O) groups is 1. The van der Waals surface area contributed by atoms with Crippen LogP contribution in [0.25, 0.3) is 10.4 Å². The smallest absolute Gasteiger partial charge is 0.407 e. The maximum absolute atomic E-state index is 13.1. The summed E-state index contributed by atoms with van der Waals surface area (Å²) in [5.74, 6) is 0.293. The van der Waals surface area contributed by atoms with Crippen molar-refractivity contribution in [2.75, 3.05) is 18.9 Å². The number of amides is 1. The van der Waals surface area contributed by atoms with Crippen molar-refractivity contribution >= 4 is 33.0 Å². The molecule has 8 nitrogen and oxygen atoms in total. The average Bonchev–Trinajstić information content (AvgIpc) is 3.16. The Morgan fingerprint density at radius 2 is 1.97 bits per heavy atom. The second kappa shape index (κ2) is 9.36. The zero-order valence-electron chi connectivity index (χ0n) is 18.2. The van der Waals surface area contributed by atoms with Crippen LogP contribution in [0.5, 0.6) is 0 Å². The number of hydrogen-bond donors (Lipinski definition) is 2. The van der Waals surface area contributed by atoms with Gasteiger partial charge in [-0.25, -0.2) is 18.2 Å². The van der Waals surface area contributed by atoms with Crippen LogP contribution in [0.1, 0.15) is 50.5 Å². The summed E-state index contributed by atoms with van der Waals surface area (Å²) in [5.41, 5.74) is 6.97. The van der Waals surface area contributed by atoms with Gasteiger partial charge >= 0.3 is 6.09 Å². The highest BCUT2D eigenvalue weighted by Crippen LogP contribution is 2.40. The number of benzene rings is 1. The Morgan fingerprint density at radius 1 is 1.25 bits per heavy atom. The van der Waals surface area contributed by atoms with Crippen LogP contribution in [0.15, 0.2) is 29.3 Å². The van der Waals surface area contributed by atoms with E-state index in [1.807, 2.05) is 13.8 Å². The van der Waals surface area contributed by atoms with Crippen molar-refractivity contribution in [2.24, 2.45) is 0 Å². The van der Waals surface area contributed by atoms with Crippen molar-refractivity contribution in [3.8, 4) is 10.4 Å². The molecule has 0 unspecified atom stereocenters. The van der Waals surface area contributed by atoms with Gasteiger partial charge in [-0.3, -0.25) is 0 Å². The van der Waals surface area contributed by atoms with E-state index >= 15 is 0 Å². The van der Waals surface area contributed by atoms with Crippen molar-refractivity contribution in [1.29, 1.82) is 0 Å². The number of carbonyl (C=O) groups excluding carboxylic acids is 1. The minimum Gasteiger partial charge on any atom is -0.447 e. The van der Waals surface area contributed by atoms with Crippen LogP contribution in [0.4, 0.5) is 10.5 Å². The number of rotatable bonds is 6. The van der Waals surface area contributed by atoms with E-state index in [1.165, 1.54) is 17.4 Å². The van der Waals surface area contributed by atoms with Crippen LogP contribution in [-0.4, -0.2) is 50.1 Å². The highest BCUT2D eigenvalue weighted by molar-refractivity contribution is 7.92. The third-order valence-corrected chi connectivity index (χ3v) is 9.18. The average molecular weight is 480 g/mol. The molecule has 2 aromatic rings. The first-order valence-corrected chi connectivity index (χ1v) is 13.2. The molecule has 0 spiro atoms. The summed E-state index contributed by atoms with van der Waals surface area (Å²) in [4.78, 5) is 17.5. The molecule has 32 heavy (non-hydrogen) atoms. The fourth-order valence-corrected chi connectivity index (χ4v) is 6.94. The predicted molar refractivity (Wildman–Crippen MR) is 124 cm³/mol. The Labute approximate surface area is 192 Å². The minimum absolute atomic E-state index is 0.107. The number of ether oxygens (including phenoxy) is 2. The van der Waals surface area contributed by atoms with Gasteiger partial charge < -0.3 is 20.5 Å². The largest absolute Gasteiger partial charge is 0.447 e. The monoisotopic (exact) mass is 479 g/mol. The highest BCUT2D eigenvalue weighted by atomic mass is 32.2. The van der Waals surface area contributed by atoms with E-state index in [1.54, 1.807) is 18.3 Å². The molecule has 1 saturated carbocycles. The van der Waals surface area contributed by atoms with Crippen LogP contribution in [0.3, 0.4) is 0 Å². The molecule has 1 saturated heterocycles. The summed E-state index contributed by atoms with van der Waals surface area (Å²) in [6.07, 6.45) is 4.78. The lowest BCUT2D eigenvalue weighted by molar-refractivity contribution is 0.0416. The molecule has 1 amide bonds. The molecule has 1 aromatic heterocycles. The molecule has 0 radical (unpaired) electrons. The number of nitrogen functional groups attached to an aromatic ring is 1. The van der Waals surface area contributed by atoms with E-state index in [4.69, 9.17) is 15.2 Å². The minimum atomic E-state index is -3.52. The Morgan fingerprint density at radius 3 is 2.59 bits per heavy atom. The fourth-order valence-electron chi connectivity index (χ4n) is 4.05. The molecule has 1 aromatic carbocycles. The Hall–Kier alpha value is -2.17. The number of nitrogens with zero attached hydrogens (tertiary/aromatic N) is 1. The number of alkyl carbamates (subject to hydrolysis) is 1. The van der Waals surface area contributed by atoms with E-state index in [9.17, 15) is 13.2 Å². The second-order valence-corrected chi connectivity index (χ2v) is 11.9. The van der Waals surface area contributed by atoms with Gasteiger partial charge in [0.2, 0.25) is 0 Å². The highest BCUT2D eigenvalue weighted by Gasteiger charge is 2.36. The molecular weight excluding hydrogens is 450 g/mol. The van der Waals surface area contributed by atoms with Gasteiger partial charge in [-0.2, -0.15) is 0 Å². The quantitative estimate of drug-likeness (QED) is 0.606. The van der Waals surface area contributed by atoms with Crippen molar-refractivity contribution in [1.82, 2.24) is 10.3 Å². The van der Waals surface area contributed by atoms with E-state index in [0.29, 0.717) is 17.2 Å². The second-order valence-electron chi connectivity index (χ2n) is 8.67. The molecule has 2 heterocycles. The van der Waals surface area contributed by atoms with Gasteiger partial charge in [-0.1, -0.05) is 6.07 Å². The van der Waals surface area contributed by atoms with Crippen LogP contribution < -0.4 is 11.1 Å². The van der Waals surface area contributed by atoms with Crippen LogP contribution >= 0.6 is 11.3 Å². The topological polar surface area (TPSA) is 121 Å². The van der Waals surface area contributed by atoms with Crippen molar-refractivity contribution in [3.63, 3.8) is 0 Å². The predicted octanol–water partition coefficient (Wildman–Crippen LogP) is 3.73. The summed E-state index contributed by atoms with van der Waals surface area (Å²) in [5, 5.41) is 3.41. The lowest BCUT2D eigenvalue weighted by Crippen LogP contribution is -2.40. The first-order valence-electron chi connectivity index (χ1n) is 10.9. The fraction of sp³-hybridized carbons (Fsp3) is 0.545. The first kappa shape index (κ1) is 23.0. The summed E-state index contributed by atoms with van der Waals surface area (Å²) >= 11 is 1.53. The normalized spacial score (nSPS) is 21.8. The van der Waals surface area contributed by atoms with Crippen LogP contribution in [0, 0.1) is 0 Å². The lowest BCUT2D eigenvalue weighted by atomic mass is 9.86. The third kappa shape index (κ3) is 4.92. The van der Waals surface area contributed by atoms with Crippen molar-refractivity contribution in [3.05, 3.63) is 29.4 Å². The van der Waals surface area contributed by atoms with Gasteiger partial charge in [0, 0.05) is 29.4 Å². The summed E-state index contributed by atoms with van der Waals surface area (Å²) in [6.45, 7) is 4.08.